The topological polar surface area (TPSA) is 73.4 Å². The maximum atomic E-state index is 8.66. The van der Waals surface area contributed by atoms with Crippen LogP contribution in [0.2, 0.25) is 5.15 Å². The number of hydrogen-bond acceptors (Lipinski definition) is 4. The van der Waals surface area contributed by atoms with E-state index in [0.717, 1.165) is 5.52 Å². The Bertz CT molecular complexity index is 676. The predicted octanol–water partition coefficient (Wildman–Crippen LogP) is 2.71. The fraction of sp³-hybridized carbons (Fsp3) is 0. The summed E-state index contributed by atoms with van der Waals surface area (Å²) in [7, 11) is 0. The fourth-order valence-corrected chi connectivity index (χ4v) is 1.58. The molecule has 0 saturated carbocycles. The van der Waals surface area contributed by atoms with Crippen molar-refractivity contribution < 1.29 is 0 Å². The molecule has 0 aliphatic heterocycles. The Morgan fingerprint density at radius 1 is 1.24 bits per heavy atom. The van der Waals surface area contributed by atoms with Crippen molar-refractivity contribution in [3.8, 4) is 12.1 Å². The summed E-state index contributed by atoms with van der Waals surface area (Å²) in [6.45, 7) is 0. The zero-order chi connectivity index (χ0) is 12.3. The summed E-state index contributed by atoms with van der Waals surface area (Å²) < 4.78 is 0. The molecule has 1 heterocycles. The first-order valence-corrected chi connectivity index (χ1v) is 5.04. The summed E-state index contributed by atoms with van der Waals surface area (Å²) in [4.78, 5) is 7.93. The summed E-state index contributed by atoms with van der Waals surface area (Å²) in [6.07, 6.45) is 2.87. The third-order valence-corrected chi connectivity index (χ3v) is 2.46. The molecular formula is C12H5ClN4. The summed E-state index contributed by atoms with van der Waals surface area (Å²) in [5.41, 5.74) is 1.47. The molecule has 0 fully saturated rings. The number of hydrogen-bond donors (Lipinski definition) is 0. The molecule has 0 spiro atoms. The summed E-state index contributed by atoms with van der Waals surface area (Å²) >= 11 is 5.93. The minimum Gasteiger partial charge on any atom is -0.236 e. The summed E-state index contributed by atoms with van der Waals surface area (Å²) in [5, 5.41) is 18.4. The lowest BCUT2D eigenvalue weighted by molar-refractivity contribution is 1.22. The first kappa shape index (κ1) is 11.1. The van der Waals surface area contributed by atoms with Crippen LogP contribution >= 0.6 is 11.6 Å². The van der Waals surface area contributed by atoms with Gasteiger partial charge in [0.05, 0.1) is 5.52 Å². The average Bonchev–Trinajstić information content (AvgIpc) is 2.37. The molecule has 0 aliphatic carbocycles. The lowest BCUT2D eigenvalue weighted by Crippen LogP contribution is -1.85. The average molecular weight is 241 g/mol. The van der Waals surface area contributed by atoms with Gasteiger partial charge in [-0.2, -0.15) is 10.5 Å². The number of rotatable bonds is 1. The van der Waals surface area contributed by atoms with Crippen molar-refractivity contribution in [3.05, 3.63) is 40.8 Å². The number of allylic oxidation sites excluding steroid dienone is 1. The first-order chi connectivity index (χ1) is 8.24. The molecule has 0 atom stereocenters. The second-order valence-electron chi connectivity index (χ2n) is 3.22. The Hall–Kier alpha value is -2.43. The Morgan fingerprint density at radius 2 is 2.00 bits per heavy atom. The van der Waals surface area contributed by atoms with Crippen LogP contribution in [-0.4, -0.2) is 9.97 Å². The first-order valence-electron chi connectivity index (χ1n) is 4.67. The summed E-state index contributed by atoms with van der Waals surface area (Å²) in [6, 6.07) is 8.87. The van der Waals surface area contributed by atoms with Gasteiger partial charge < -0.3 is 0 Å². The Balaban J connectivity index is 2.61. The molecule has 0 saturated heterocycles. The minimum absolute atomic E-state index is 0.0392. The second kappa shape index (κ2) is 4.61. The monoisotopic (exact) mass is 240 g/mol. The van der Waals surface area contributed by atoms with Crippen LogP contribution in [0.3, 0.4) is 0 Å². The quantitative estimate of drug-likeness (QED) is 0.567. The normalized spacial score (nSPS) is 9.35. The zero-order valence-corrected chi connectivity index (χ0v) is 9.31. The van der Waals surface area contributed by atoms with Gasteiger partial charge in [0.2, 0.25) is 0 Å². The number of fused-ring (bicyclic) bond motifs is 1. The molecule has 2 rings (SSSR count). The van der Waals surface area contributed by atoms with Crippen molar-refractivity contribution in [3.63, 3.8) is 0 Å². The van der Waals surface area contributed by atoms with Crippen molar-refractivity contribution in [1.82, 2.24) is 9.97 Å². The Kier molecular flexibility index (Phi) is 3.00. The van der Waals surface area contributed by atoms with Crippen LogP contribution in [-0.2, 0) is 0 Å². The van der Waals surface area contributed by atoms with Crippen LogP contribution in [0.5, 0.6) is 0 Å². The lowest BCUT2D eigenvalue weighted by Gasteiger charge is -1.99. The molecule has 0 unspecified atom stereocenters. The highest BCUT2D eigenvalue weighted by atomic mass is 35.5. The van der Waals surface area contributed by atoms with Gasteiger partial charge in [-0.05, 0) is 23.8 Å². The Labute approximate surface area is 102 Å². The van der Waals surface area contributed by atoms with Crippen LogP contribution in [0.15, 0.2) is 30.1 Å². The number of nitriles is 2. The van der Waals surface area contributed by atoms with E-state index in [1.54, 1.807) is 30.3 Å². The molecule has 5 heteroatoms. The van der Waals surface area contributed by atoms with Gasteiger partial charge >= 0.3 is 0 Å². The highest BCUT2D eigenvalue weighted by molar-refractivity contribution is 6.34. The molecule has 1 aromatic carbocycles. The van der Waals surface area contributed by atoms with Crippen molar-refractivity contribution in [2.75, 3.05) is 0 Å². The smallest absolute Gasteiger partial charge is 0.140 e. The maximum absolute atomic E-state index is 8.66. The lowest BCUT2D eigenvalue weighted by atomic mass is 10.1. The molecule has 0 radical (unpaired) electrons. The minimum atomic E-state index is 0.0392. The van der Waals surface area contributed by atoms with Gasteiger partial charge in [-0.25, -0.2) is 9.97 Å². The van der Waals surface area contributed by atoms with E-state index in [0.29, 0.717) is 16.1 Å². The number of nitrogens with zero attached hydrogens (tertiary/aromatic N) is 4. The van der Waals surface area contributed by atoms with E-state index in [2.05, 4.69) is 9.97 Å². The van der Waals surface area contributed by atoms with Crippen molar-refractivity contribution in [2.45, 2.75) is 0 Å². The van der Waals surface area contributed by atoms with Crippen molar-refractivity contribution in [2.24, 2.45) is 0 Å². The fourth-order valence-electron chi connectivity index (χ4n) is 1.39. The zero-order valence-electron chi connectivity index (χ0n) is 8.55. The Morgan fingerprint density at radius 3 is 2.71 bits per heavy atom. The SMILES string of the molecule is N#CC(C#N)=Cc1ccc2ncnc(Cl)c2c1. The third kappa shape index (κ3) is 2.23. The van der Waals surface area contributed by atoms with Crippen molar-refractivity contribution >= 4 is 28.6 Å². The predicted molar refractivity (Wildman–Crippen MR) is 63.8 cm³/mol. The van der Waals surface area contributed by atoms with E-state index < -0.39 is 0 Å². The van der Waals surface area contributed by atoms with E-state index >= 15 is 0 Å². The molecule has 4 nitrogen and oxygen atoms in total. The molecular weight excluding hydrogens is 236 g/mol. The molecule has 17 heavy (non-hydrogen) atoms. The third-order valence-electron chi connectivity index (χ3n) is 2.16. The molecule has 0 N–H and O–H groups in total. The summed E-state index contributed by atoms with van der Waals surface area (Å²) in [5.74, 6) is 0. The standard InChI is InChI=1S/C12H5ClN4/c13-12-10-4-8(3-9(5-14)6-15)1-2-11(10)16-7-17-12/h1-4,7H. The van der Waals surface area contributed by atoms with Crippen LogP contribution < -0.4 is 0 Å². The van der Waals surface area contributed by atoms with Gasteiger partial charge in [-0.3, -0.25) is 0 Å². The van der Waals surface area contributed by atoms with Crippen LogP contribution in [0.1, 0.15) is 5.56 Å². The molecule has 0 amide bonds. The van der Waals surface area contributed by atoms with Gasteiger partial charge in [-0.1, -0.05) is 17.7 Å². The van der Waals surface area contributed by atoms with E-state index in [1.165, 1.54) is 12.4 Å². The maximum Gasteiger partial charge on any atom is 0.140 e. The van der Waals surface area contributed by atoms with Crippen LogP contribution in [0.4, 0.5) is 0 Å². The number of halogens is 1. The van der Waals surface area contributed by atoms with E-state index in [9.17, 15) is 0 Å². The van der Waals surface area contributed by atoms with Gasteiger partial charge in [-0.15, -0.1) is 0 Å². The molecule has 1 aromatic heterocycles. The van der Waals surface area contributed by atoms with E-state index in [1.807, 2.05) is 0 Å². The highest BCUT2D eigenvalue weighted by Gasteiger charge is 2.02. The second-order valence-corrected chi connectivity index (χ2v) is 3.58. The molecule has 2 aromatic rings. The molecule has 80 valence electrons. The van der Waals surface area contributed by atoms with Gasteiger partial charge in [0.1, 0.15) is 29.2 Å². The largest absolute Gasteiger partial charge is 0.236 e. The van der Waals surface area contributed by atoms with E-state index in [-0.39, 0.29) is 5.57 Å². The van der Waals surface area contributed by atoms with Crippen molar-refractivity contribution in [1.29, 1.82) is 10.5 Å². The van der Waals surface area contributed by atoms with Gasteiger partial charge in [0, 0.05) is 5.39 Å². The highest BCUT2D eigenvalue weighted by Crippen LogP contribution is 2.21. The van der Waals surface area contributed by atoms with Gasteiger partial charge in [0.15, 0.2) is 0 Å². The molecule has 0 bridgehead atoms. The number of benzene rings is 1. The van der Waals surface area contributed by atoms with Gasteiger partial charge in [0.25, 0.3) is 0 Å². The van der Waals surface area contributed by atoms with Crippen LogP contribution in [0, 0.1) is 22.7 Å². The molecule has 0 aliphatic rings. The number of aromatic nitrogens is 2. The van der Waals surface area contributed by atoms with E-state index in [4.69, 9.17) is 22.1 Å². The van der Waals surface area contributed by atoms with Crippen LogP contribution in [0.25, 0.3) is 17.0 Å².